The van der Waals surface area contributed by atoms with Gasteiger partial charge in [-0.3, -0.25) is 15.0 Å². The van der Waals surface area contributed by atoms with Crippen molar-refractivity contribution in [3.05, 3.63) is 58.6 Å². The Kier molecular flexibility index (Phi) is 4.13. The van der Waals surface area contributed by atoms with Crippen LogP contribution in [0.4, 0.5) is 0 Å². The fourth-order valence-corrected chi connectivity index (χ4v) is 2.99. The van der Waals surface area contributed by atoms with Crippen LogP contribution in [0.25, 0.3) is 27.8 Å². The highest BCUT2D eigenvalue weighted by Crippen LogP contribution is 2.28. The predicted octanol–water partition coefficient (Wildman–Crippen LogP) is 1.34. The molecule has 0 aliphatic heterocycles. The first kappa shape index (κ1) is 16.9. The highest BCUT2D eigenvalue weighted by Gasteiger charge is 2.19. The summed E-state index contributed by atoms with van der Waals surface area (Å²) in [6.45, 7) is 1.61. The first-order valence-electron chi connectivity index (χ1n) is 8.21. The minimum atomic E-state index is -0.484. The Bertz CT molecular complexity index is 1210. The smallest absolute Gasteiger partial charge is 0.299 e. The van der Waals surface area contributed by atoms with Crippen molar-refractivity contribution in [1.29, 1.82) is 0 Å². The number of amides is 1. The van der Waals surface area contributed by atoms with Crippen molar-refractivity contribution in [1.82, 2.24) is 24.5 Å². The van der Waals surface area contributed by atoms with Gasteiger partial charge in [0, 0.05) is 20.2 Å². The molecule has 0 spiro atoms. The number of fused-ring (bicyclic) bond motifs is 3. The number of hydrogen-bond donors (Lipinski definition) is 1. The first-order valence-corrected chi connectivity index (χ1v) is 8.21. The summed E-state index contributed by atoms with van der Waals surface area (Å²) >= 11 is 0. The highest BCUT2D eigenvalue weighted by molar-refractivity contribution is 5.85. The number of benzene rings is 1. The number of nitrogens with zero attached hydrogens (tertiary/aromatic N) is 5. The van der Waals surface area contributed by atoms with Crippen LogP contribution in [-0.2, 0) is 16.1 Å². The number of aromatic nitrogens is 5. The van der Waals surface area contributed by atoms with Crippen LogP contribution in [0.2, 0.25) is 0 Å². The van der Waals surface area contributed by atoms with Crippen molar-refractivity contribution >= 4 is 22.6 Å². The van der Waals surface area contributed by atoms with Gasteiger partial charge in [-0.2, -0.15) is 5.10 Å². The molecule has 0 atom stereocenters. The molecule has 0 fully saturated rings. The van der Waals surface area contributed by atoms with E-state index in [1.165, 1.54) is 13.1 Å². The lowest BCUT2D eigenvalue weighted by Crippen LogP contribution is -2.32. The first-order chi connectivity index (χ1) is 13.1. The van der Waals surface area contributed by atoms with Gasteiger partial charge in [0.1, 0.15) is 5.52 Å². The highest BCUT2D eigenvalue weighted by atomic mass is 16.5. The van der Waals surface area contributed by atoms with E-state index in [-0.39, 0.29) is 18.0 Å². The largest absolute Gasteiger partial charge is 0.378 e. The SMILES string of the molecule is COCc1nn2c(nnc3c(=O)n(NC(C)=O)ccc32)c1-c1ccccc1. The Labute approximate surface area is 153 Å². The molecule has 1 N–H and O–H groups in total. The van der Waals surface area contributed by atoms with Crippen molar-refractivity contribution < 1.29 is 9.53 Å². The molecule has 1 amide bonds. The van der Waals surface area contributed by atoms with E-state index in [0.717, 1.165) is 15.8 Å². The molecule has 0 saturated carbocycles. The second-order valence-corrected chi connectivity index (χ2v) is 5.95. The molecule has 0 unspecified atom stereocenters. The lowest BCUT2D eigenvalue weighted by molar-refractivity contribution is -0.115. The van der Waals surface area contributed by atoms with Gasteiger partial charge < -0.3 is 4.74 Å². The number of hydrogen-bond acceptors (Lipinski definition) is 6. The van der Waals surface area contributed by atoms with Gasteiger partial charge >= 0.3 is 0 Å². The predicted molar refractivity (Wildman–Crippen MR) is 98.7 cm³/mol. The number of carbonyl (C=O) groups is 1. The Morgan fingerprint density at radius 1 is 1.19 bits per heavy atom. The third-order valence-electron chi connectivity index (χ3n) is 4.07. The maximum Gasteiger partial charge on any atom is 0.299 e. The molecule has 0 aliphatic carbocycles. The van der Waals surface area contributed by atoms with E-state index >= 15 is 0 Å². The minimum absolute atomic E-state index is 0.102. The summed E-state index contributed by atoms with van der Waals surface area (Å²) in [5, 5.41) is 12.9. The maximum atomic E-state index is 12.6. The van der Waals surface area contributed by atoms with Crippen LogP contribution < -0.4 is 11.0 Å². The molecular weight excluding hydrogens is 348 g/mol. The third kappa shape index (κ3) is 2.83. The number of methoxy groups -OCH3 is 1. The van der Waals surface area contributed by atoms with Gasteiger partial charge in [0.15, 0.2) is 11.2 Å². The minimum Gasteiger partial charge on any atom is -0.378 e. The average Bonchev–Trinajstić information content (AvgIpc) is 3.03. The molecule has 9 nitrogen and oxygen atoms in total. The van der Waals surface area contributed by atoms with E-state index in [1.807, 2.05) is 30.3 Å². The fourth-order valence-electron chi connectivity index (χ4n) is 2.99. The second-order valence-electron chi connectivity index (χ2n) is 5.95. The van der Waals surface area contributed by atoms with Crippen molar-refractivity contribution in [2.24, 2.45) is 0 Å². The molecule has 9 heteroatoms. The number of nitrogens with one attached hydrogen (secondary N) is 1. The quantitative estimate of drug-likeness (QED) is 0.586. The van der Waals surface area contributed by atoms with E-state index < -0.39 is 5.56 Å². The lowest BCUT2D eigenvalue weighted by Gasteiger charge is -2.07. The summed E-state index contributed by atoms with van der Waals surface area (Å²) in [5.41, 5.74) is 5.48. The van der Waals surface area contributed by atoms with Gasteiger partial charge in [0.25, 0.3) is 5.56 Å². The second kappa shape index (κ2) is 6.61. The van der Waals surface area contributed by atoms with Gasteiger partial charge in [-0.15, -0.1) is 10.2 Å². The molecule has 27 heavy (non-hydrogen) atoms. The van der Waals surface area contributed by atoms with Crippen LogP contribution in [-0.4, -0.2) is 37.5 Å². The van der Waals surface area contributed by atoms with Crippen LogP contribution in [0, 0.1) is 0 Å². The van der Waals surface area contributed by atoms with Crippen molar-refractivity contribution in [2.75, 3.05) is 12.5 Å². The Hall–Kier alpha value is -3.59. The summed E-state index contributed by atoms with van der Waals surface area (Å²) in [6, 6.07) is 11.4. The lowest BCUT2D eigenvalue weighted by atomic mass is 10.1. The van der Waals surface area contributed by atoms with Crippen LogP contribution in [0.1, 0.15) is 12.6 Å². The van der Waals surface area contributed by atoms with E-state index in [9.17, 15) is 9.59 Å². The Balaban J connectivity index is 2.02. The Morgan fingerprint density at radius 3 is 2.67 bits per heavy atom. The summed E-state index contributed by atoms with van der Waals surface area (Å²) in [7, 11) is 1.59. The average molecular weight is 364 g/mol. The summed E-state index contributed by atoms with van der Waals surface area (Å²) < 4.78 is 7.94. The van der Waals surface area contributed by atoms with Gasteiger partial charge in [-0.25, -0.2) is 9.19 Å². The van der Waals surface area contributed by atoms with Crippen LogP contribution in [0.15, 0.2) is 47.4 Å². The molecule has 3 aromatic heterocycles. The van der Waals surface area contributed by atoms with Gasteiger partial charge in [0.2, 0.25) is 5.91 Å². The molecular formula is C18H16N6O3. The van der Waals surface area contributed by atoms with Gasteiger partial charge in [0.05, 0.1) is 17.9 Å². The molecule has 0 aliphatic rings. The normalized spacial score (nSPS) is 11.2. The molecule has 0 saturated heterocycles. The van der Waals surface area contributed by atoms with Crippen molar-refractivity contribution in [3.63, 3.8) is 0 Å². The molecule has 136 valence electrons. The number of rotatable bonds is 4. The van der Waals surface area contributed by atoms with E-state index in [0.29, 0.717) is 16.9 Å². The van der Waals surface area contributed by atoms with Crippen molar-refractivity contribution in [2.45, 2.75) is 13.5 Å². The summed E-state index contributed by atoms with van der Waals surface area (Å²) in [5.74, 6) is -0.363. The molecule has 1 aromatic carbocycles. The molecule has 4 aromatic rings. The molecule has 0 radical (unpaired) electrons. The zero-order valence-corrected chi connectivity index (χ0v) is 14.7. The zero-order valence-electron chi connectivity index (χ0n) is 14.7. The standard InChI is InChI=1S/C18H16N6O3/c1-11(25)21-23-9-8-14-16(18(23)26)19-20-17-15(12-6-4-3-5-7-12)13(10-27-2)22-24(14)17/h3-9H,10H2,1-2H3,(H,21,25). The van der Waals surface area contributed by atoms with Crippen LogP contribution in [0.3, 0.4) is 0 Å². The van der Waals surface area contributed by atoms with Gasteiger partial charge in [-0.05, 0) is 11.6 Å². The topological polar surface area (TPSA) is 103 Å². The zero-order chi connectivity index (χ0) is 19.0. The van der Waals surface area contributed by atoms with Crippen molar-refractivity contribution in [3.8, 4) is 11.1 Å². The maximum absolute atomic E-state index is 12.6. The van der Waals surface area contributed by atoms with Crippen LogP contribution >= 0.6 is 0 Å². The number of ether oxygens (including phenoxy) is 1. The fraction of sp³-hybridized carbons (Fsp3) is 0.167. The van der Waals surface area contributed by atoms with Gasteiger partial charge in [-0.1, -0.05) is 30.3 Å². The monoisotopic (exact) mass is 364 g/mol. The van der Waals surface area contributed by atoms with E-state index in [1.54, 1.807) is 17.7 Å². The van der Waals surface area contributed by atoms with E-state index in [2.05, 4.69) is 20.7 Å². The molecule has 4 rings (SSSR count). The molecule has 3 heterocycles. The summed E-state index contributed by atoms with van der Waals surface area (Å²) in [6.07, 6.45) is 1.47. The molecule has 0 bridgehead atoms. The Morgan fingerprint density at radius 2 is 1.96 bits per heavy atom. The number of carbonyl (C=O) groups excluding carboxylic acids is 1. The van der Waals surface area contributed by atoms with E-state index in [4.69, 9.17) is 4.74 Å². The summed E-state index contributed by atoms with van der Waals surface area (Å²) in [4.78, 5) is 23.8. The third-order valence-corrected chi connectivity index (χ3v) is 4.07. The number of pyridine rings is 1. The van der Waals surface area contributed by atoms with Crippen LogP contribution in [0.5, 0.6) is 0 Å².